The number of amides is 2. The molecule has 2 rings (SSSR count). The van der Waals surface area contributed by atoms with Crippen molar-refractivity contribution >= 4 is 11.8 Å². The van der Waals surface area contributed by atoms with Gasteiger partial charge in [0.1, 0.15) is 6.04 Å². The standard InChI is InChI=1S/C28H40N2O2/c1-7-26(28(32)29-18-20(2)3)30(19-24-10-8-22(6)9-11-24)27(31)17-14-23-12-15-25(16-13-23)21(4)5/h8-13,15-16,20-21,26H,7,14,17-19H2,1-6H3,(H,29,32)/t26-/m0/s1. The second kappa shape index (κ2) is 12.4. The van der Waals surface area contributed by atoms with Crippen LogP contribution in [0.3, 0.4) is 0 Å². The van der Waals surface area contributed by atoms with Crippen molar-refractivity contribution in [3.63, 3.8) is 0 Å². The molecule has 0 unspecified atom stereocenters. The van der Waals surface area contributed by atoms with E-state index in [4.69, 9.17) is 0 Å². The zero-order valence-electron chi connectivity index (χ0n) is 20.7. The van der Waals surface area contributed by atoms with Crippen LogP contribution < -0.4 is 5.32 Å². The molecule has 0 radical (unpaired) electrons. The topological polar surface area (TPSA) is 49.4 Å². The summed E-state index contributed by atoms with van der Waals surface area (Å²) >= 11 is 0. The number of hydrogen-bond donors (Lipinski definition) is 1. The smallest absolute Gasteiger partial charge is 0.242 e. The normalized spacial score (nSPS) is 12.1. The molecule has 4 heteroatoms. The molecule has 0 spiro atoms. The lowest BCUT2D eigenvalue weighted by atomic mass is 10.00. The van der Waals surface area contributed by atoms with Gasteiger partial charge in [-0.15, -0.1) is 0 Å². The third kappa shape index (κ3) is 7.81. The molecule has 2 aromatic carbocycles. The van der Waals surface area contributed by atoms with Crippen LogP contribution in [0.25, 0.3) is 0 Å². The Morgan fingerprint density at radius 2 is 1.50 bits per heavy atom. The molecule has 0 bridgehead atoms. The van der Waals surface area contributed by atoms with E-state index in [1.165, 1.54) is 11.1 Å². The highest BCUT2D eigenvalue weighted by molar-refractivity contribution is 5.87. The monoisotopic (exact) mass is 436 g/mol. The van der Waals surface area contributed by atoms with Crippen LogP contribution in [0.4, 0.5) is 0 Å². The van der Waals surface area contributed by atoms with Crippen molar-refractivity contribution in [2.24, 2.45) is 5.92 Å². The van der Waals surface area contributed by atoms with Crippen molar-refractivity contribution in [3.05, 3.63) is 70.8 Å². The summed E-state index contributed by atoms with van der Waals surface area (Å²) in [6.45, 7) is 13.6. The van der Waals surface area contributed by atoms with Crippen LogP contribution in [0.5, 0.6) is 0 Å². The summed E-state index contributed by atoms with van der Waals surface area (Å²) in [6.07, 6.45) is 1.65. The molecule has 0 aliphatic heterocycles. The van der Waals surface area contributed by atoms with Gasteiger partial charge in [0.05, 0.1) is 0 Å². The third-order valence-corrected chi connectivity index (χ3v) is 5.82. The fourth-order valence-electron chi connectivity index (χ4n) is 3.70. The van der Waals surface area contributed by atoms with Crippen molar-refractivity contribution in [1.82, 2.24) is 10.2 Å². The second-order valence-electron chi connectivity index (χ2n) is 9.47. The van der Waals surface area contributed by atoms with Crippen molar-refractivity contribution in [2.75, 3.05) is 6.54 Å². The molecule has 0 aromatic heterocycles. The number of nitrogens with one attached hydrogen (secondary N) is 1. The van der Waals surface area contributed by atoms with E-state index < -0.39 is 6.04 Å². The number of carbonyl (C=O) groups excluding carboxylic acids is 2. The highest BCUT2D eigenvalue weighted by atomic mass is 16.2. The number of rotatable bonds is 11. The lowest BCUT2D eigenvalue weighted by molar-refractivity contribution is -0.141. The van der Waals surface area contributed by atoms with Gasteiger partial charge in [-0.2, -0.15) is 0 Å². The second-order valence-corrected chi connectivity index (χ2v) is 9.47. The Morgan fingerprint density at radius 1 is 0.906 bits per heavy atom. The van der Waals surface area contributed by atoms with Gasteiger partial charge < -0.3 is 10.2 Å². The Bertz CT molecular complexity index is 854. The van der Waals surface area contributed by atoms with Crippen molar-refractivity contribution < 1.29 is 9.59 Å². The summed E-state index contributed by atoms with van der Waals surface area (Å²) < 4.78 is 0. The van der Waals surface area contributed by atoms with Crippen LogP contribution >= 0.6 is 0 Å². The Kier molecular flexibility index (Phi) is 9.96. The third-order valence-electron chi connectivity index (χ3n) is 5.82. The molecule has 0 saturated carbocycles. The molecular formula is C28H40N2O2. The minimum atomic E-state index is -0.467. The molecule has 32 heavy (non-hydrogen) atoms. The van der Waals surface area contributed by atoms with Gasteiger partial charge in [0.2, 0.25) is 11.8 Å². The van der Waals surface area contributed by atoms with Gasteiger partial charge in [-0.1, -0.05) is 88.7 Å². The molecule has 0 heterocycles. The number of carbonyl (C=O) groups is 2. The van der Waals surface area contributed by atoms with E-state index in [1.54, 1.807) is 4.90 Å². The summed E-state index contributed by atoms with van der Waals surface area (Å²) in [5.41, 5.74) is 4.67. The molecule has 1 atom stereocenters. The van der Waals surface area contributed by atoms with Gasteiger partial charge in [0.15, 0.2) is 0 Å². The molecule has 2 amide bonds. The van der Waals surface area contributed by atoms with E-state index in [0.717, 1.165) is 11.1 Å². The highest BCUT2D eigenvalue weighted by Gasteiger charge is 2.28. The number of nitrogens with zero attached hydrogens (tertiary/aromatic N) is 1. The average Bonchev–Trinajstić information content (AvgIpc) is 2.77. The van der Waals surface area contributed by atoms with E-state index in [0.29, 0.717) is 44.2 Å². The zero-order valence-corrected chi connectivity index (χ0v) is 20.7. The van der Waals surface area contributed by atoms with Crippen LogP contribution in [-0.4, -0.2) is 29.3 Å². The van der Waals surface area contributed by atoms with Crippen LogP contribution in [-0.2, 0) is 22.6 Å². The molecule has 0 aliphatic carbocycles. The number of aryl methyl sites for hydroxylation is 2. The summed E-state index contributed by atoms with van der Waals surface area (Å²) in [6, 6.07) is 16.2. The fourth-order valence-corrected chi connectivity index (χ4v) is 3.70. The SMILES string of the molecule is CC[C@@H](C(=O)NCC(C)C)N(Cc1ccc(C)cc1)C(=O)CCc1ccc(C(C)C)cc1. The van der Waals surface area contributed by atoms with Gasteiger partial charge >= 0.3 is 0 Å². The molecule has 0 saturated heterocycles. The van der Waals surface area contributed by atoms with Gasteiger partial charge in [-0.25, -0.2) is 0 Å². The Labute approximate surface area is 194 Å². The van der Waals surface area contributed by atoms with E-state index >= 15 is 0 Å². The van der Waals surface area contributed by atoms with Crippen LogP contribution in [0.2, 0.25) is 0 Å². The van der Waals surface area contributed by atoms with E-state index in [9.17, 15) is 9.59 Å². The first-order valence-corrected chi connectivity index (χ1v) is 11.9. The predicted octanol–water partition coefficient (Wildman–Crippen LogP) is 5.63. The Hall–Kier alpha value is -2.62. The Balaban J connectivity index is 2.16. The zero-order chi connectivity index (χ0) is 23.7. The summed E-state index contributed by atoms with van der Waals surface area (Å²) in [4.78, 5) is 28.1. The minimum absolute atomic E-state index is 0.0186. The molecule has 0 aliphatic rings. The van der Waals surface area contributed by atoms with Gasteiger partial charge in [-0.3, -0.25) is 9.59 Å². The average molecular weight is 437 g/mol. The summed E-state index contributed by atoms with van der Waals surface area (Å²) in [7, 11) is 0. The van der Waals surface area contributed by atoms with E-state index in [2.05, 4.69) is 57.3 Å². The van der Waals surface area contributed by atoms with Crippen LogP contribution in [0.15, 0.2) is 48.5 Å². The maximum absolute atomic E-state index is 13.4. The maximum atomic E-state index is 13.4. The van der Waals surface area contributed by atoms with Crippen LogP contribution in [0.1, 0.15) is 75.6 Å². The van der Waals surface area contributed by atoms with Gasteiger partial charge in [-0.05, 0) is 48.3 Å². The molecule has 0 fully saturated rings. The summed E-state index contributed by atoms with van der Waals surface area (Å²) in [5, 5.41) is 3.02. The fraction of sp³-hybridized carbons (Fsp3) is 0.500. The minimum Gasteiger partial charge on any atom is -0.354 e. The number of hydrogen-bond acceptors (Lipinski definition) is 2. The largest absolute Gasteiger partial charge is 0.354 e. The quantitative estimate of drug-likeness (QED) is 0.496. The van der Waals surface area contributed by atoms with Gasteiger partial charge in [0, 0.05) is 19.5 Å². The summed E-state index contributed by atoms with van der Waals surface area (Å²) in [5.74, 6) is 0.810. The molecular weight excluding hydrogens is 396 g/mol. The number of benzene rings is 2. The van der Waals surface area contributed by atoms with E-state index in [1.807, 2.05) is 38.1 Å². The molecule has 174 valence electrons. The molecule has 1 N–H and O–H groups in total. The maximum Gasteiger partial charge on any atom is 0.242 e. The molecule has 4 nitrogen and oxygen atoms in total. The van der Waals surface area contributed by atoms with Crippen LogP contribution in [0, 0.1) is 12.8 Å². The first-order valence-electron chi connectivity index (χ1n) is 11.9. The first-order chi connectivity index (χ1) is 15.2. The Morgan fingerprint density at radius 3 is 2.03 bits per heavy atom. The highest BCUT2D eigenvalue weighted by Crippen LogP contribution is 2.18. The molecule has 2 aromatic rings. The lowest BCUT2D eigenvalue weighted by Crippen LogP contribution is -2.49. The van der Waals surface area contributed by atoms with Gasteiger partial charge in [0.25, 0.3) is 0 Å². The first kappa shape index (κ1) is 25.6. The van der Waals surface area contributed by atoms with Crippen molar-refractivity contribution in [1.29, 1.82) is 0 Å². The predicted molar refractivity (Wildman–Crippen MR) is 133 cm³/mol. The van der Waals surface area contributed by atoms with Crippen molar-refractivity contribution in [2.45, 2.75) is 79.3 Å². The van der Waals surface area contributed by atoms with E-state index in [-0.39, 0.29) is 11.8 Å². The lowest BCUT2D eigenvalue weighted by Gasteiger charge is -2.31. The van der Waals surface area contributed by atoms with Crippen molar-refractivity contribution in [3.8, 4) is 0 Å².